The number of imide groups is 1. The molecule has 5 rings (SSSR count). The van der Waals surface area contributed by atoms with E-state index < -0.39 is 0 Å². The van der Waals surface area contributed by atoms with Gasteiger partial charge in [-0.05, 0) is 61.3 Å². The molecule has 2 aliphatic heterocycles. The first-order valence-electron chi connectivity index (χ1n) is 11.0. The fourth-order valence-electron chi connectivity index (χ4n) is 4.10. The lowest BCUT2D eigenvalue weighted by atomic mass is 9.97. The third-order valence-electron chi connectivity index (χ3n) is 5.88. The zero-order chi connectivity index (χ0) is 22.6. The van der Waals surface area contributed by atoms with Crippen LogP contribution in [0.5, 0.6) is 0 Å². The van der Waals surface area contributed by atoms with Crippen LogP contribution in [-0.4, -0.2) is 45.7 Å². The summed E-state index contributed by atoms with van der Waals surface area (Å²) in [6.07, 6.45) is 5.44. The smallest absolute Gasteiger partial charge is 0.290 e. The third-order valence-corrected chi connectivity index (χ3v) is 6.69. The number of piperidine rings is 1. The molecular formula is C24H24N6O2S. The summed E-state index contributed by atoms with van der Waals surface area (Å²) in [6.45, 7) is 3.48. The van der Waals surface area contributed by atoms with Crippen LogP contribution in [0.25, 0.3) is 17.0 Å². The molecular weight excluding hydrogens is 436 g/mol. The molecule has 4 heterocycles. The molecule has 9 heteroatoms. The van der Waals surface area contributed by atoms with Gasteiger partial charge >= 0.3 is 0 Å². The predicted molar refractivity (Wildman–Crippen MR) is 130 cm³/mol. The molecule has 1 aromatic carbocycles. The zero-order valence-corrected chi connectivity index (χ0v) is 18.8. The highest BCUT2D eigenvalue weighted by molar-refractivity contribution is 8.18. The number of thioether (sulfide) groups is 1. The maximum atomic E-state index is 11.8. The number of nitrogens with zero attached hydrogens (tertiary/aromatic N) is 4. The molecule has 33 heavy (non-hydrogen) atoms. The van der Waals surface area contributed by atoms with Crippen molar-refractivity contribution in [1.29, 1.82) is 0 Å². The molecule has 0 atom stereocenters. The Morgan fingerprint density at radius 2 is 1.94 bits per heavy atom. The lowest BCUT2D eigenvalue weighted by molar-refractivity contribution is -0.115. The molecule has 0 saturated carbocycles. The Morgan fingerprint density at radius 3 is 2.76 bits per heavy atom. The Hall–Kier alpha value is -3.30. The highest BCUT2D eigenvalue weighted by Gasteiger charge is 2.25. The standard InChI is InChI=1S/C24H24N6O2S/c31-22-21(33-24(32)29-22)13-18-7-10-26-23(28-18)30-11-8-16(9-12-30)14-25-15-19-6-5-17-3-1-2-4-20(17)27-19/h1-7,10,13,16,25H,8-9,11-12,14-15H2,(H,29,31,32). The normalized spacial score (nSPS) is 18.3. The molecule has 2 fully saturated rings. The Kier molecular flexibility index (Phi) is 6.32. The number of hydrogen-bond donors (Lipinski definition) is 2. The Labute approximate surface area is 195 Å². The van der Waals surface area contributed by atoms with Crippen LogP contribution in [0.2, 0.25) is 0 Å². The van der Waals surface area contributed by atoms with Gasteiger partial charge in [0.15, 0.2) is 0 Å². The van der Waals surface area contributed by atoms with Crippen molar-refractivity contribution in [2.24, 2.45) is 5.92 Å². The second-order valence-electron chi connectivity index (χ2n) is 8.19. The fourth-order valence-corrected chi connectivity index (χ4v) is 4.77. The second-order valence-corrected chi connectivity index (χ2v) is 9.21. The number of benzene rings is 1. The molecule has 168 valence electrons. The number of aromatic nitrogens is 3. The topological polar surface area (TPSA) is 100 Å². The number of nitrogens with one attached hydrogen (secondary N) is 2. The average molecular weight is 461 g/mol. The van der Waals surface area contributed by atoms with Gasteiger partial charge in [-0.25, -0.2) is 9.97 Å². The van der Waals surface area contributed by atoms with Gasteiger partial charge in [-0.1, -0.05) is 24.3 Å². The minimum atomic E-state index is -0.377. The largest absolute Gasteiger partial charge is 0.341 e. The van der Waals surface area contributed by atoms with Gasteiger partial charge in [-0.15, -0.1) is 0 Å². The maximum absolute atomic E-state index is 11.8. The predicted octanol–water partition coefficient (Wildman–Crippen LogP) is 3.35. The van der Waals surface area contributed by atoms with Crippen molar-refractivity contribution < 1.29 is 9.59 Å². The summed E-state index contributed by atoms with van der Waals surface area (Å²) in [6, 6.07) is 14.1. The molecule has 0 bridgehead atoms. The van der Waals surface area contributed by atoms with Crippen molar-refractivity contribution in [2.75, 3.05) is 24.5 Å². The first-order chi connectivity index (χ1) is 16.1. The van der Waals surface area contributed by atoms with E-state index in [1.807, 2.05) is 18.2 Å². The van der Waals surface area contributed by atoms with Crippen molar-refractivity contribution in [1.82, 2.24) is 25.6 Å². The number of carbonyl (C=O) groups excluding carboxylic acids is 2. The van der Waals surface area contributed by atoms with Crippen LogP contribution in [0.3, 0.4) is 0 Å². The Balaban J connectivity index is 1.12. The van der Waals surface area contributed by atoms with Crippen LogP contribution >= 0.6 is 11.8 Å². The lowest BCUT2D eigenvalue weighted by Gasteiger charge is -2.32. The van der Waals surface area contributed by atoms with Crippen LogP contribution in [0.4, 0.5) is 10.7 Å². The third kappa shape index (κ3) is 5.20. The minimum absolute atomic E-state index is 0.354. The quantitative estimate of drug-likeness (QED) is 0.540. The van der Waals surface area contributed by atoms with Crippen LogP contribution in [0.1, 0.15) is 24.2 Å². The highest BCUT2D eigenvalue weighted by atomic mass is 32.2. The molecule has 0 aliphatic carbocycles. The molecule has 2 amide bonds. The van der Waals surface area contributed by atoms with Gasteiger partial charge in [-0.3, -0.25) is 19.9 Å². The SMILES string of the molecule is O=C1NC(=O)C(=Cc2ccnc(N3CCC(CNCc4ccc5ccccc5n4)CC3)n2)S1. The Bertz CT molecular complexity index is 1220. The van der Waals surface area contributed by atoms with Crippen LogP contribution in [0.15, 0.2) is 53.6 Å². The molecule has 2 saturated heterocycles. The zero-order valence-electron chi connectivity index (χ0n) is 18.0. The lowest BCUT2D eigenvalue weighted by Crippen LogP contribution is -2.38. The van der Waals surface area contributed by atoms with E-state index in [0.29, 0.717) is 22.5 Å². The summed E-state index contributed by atoms with van der Waals surface area (Å²) >= 11 is 0.893. The number of anilines is 1. The monoisotopic (exact) mass is 460 g/mol. The number of amides is 2. The van der Waals surface area contributed by atoms with Crippen molar-refractivity contribution in [2.45, 2.75) is 19.4 Å². The van der Waals surface area contributed by atoms with Crippen LogP contribution < -0.4 is 15.5 Å². The van der Waals surface area contributed by atoms with Gasteiger partial charge in [0.25, 0.3) is 11.1 Å². The Morgan fingerprint density at radius 1 is 1.09 bits per heavy atom. The molecule has 0 unspecified atom stereocenters. The number of para-hydroxylation sites is 1. The first-order valence-corrected chi connectivity index (χ1v) is 11.8. The summed E-state index contributed by atoms with van der Waals surface area (Å²) < 4.78 is 0. The van der Waals surface area contributed by atoms with E-state index in [9.17, 15) is 9.59 Å². The van der Waals surface area contributed by atoms with E-state index in [0.717, 1.165) is 67.4 Å². The second kappa shape index (κ2) is 9.68. The maximum Gasteiger partial charge on any atom is 0.290 e. The molecule has 3 aromatic rings. The first kappa shape index (κ1) is 21.5. The summed E-state index contributed by atoms with van der Waals surface area (Å²) in [5, 5.41) is 6.63. The van der Waals surface area contributed by atoms with E-state index in [1.54, 1.807) is 18.3 Å². The summed E-state index contributed by atoms with van der Waals surface area (Å²) in [7, 11) is 0. The van der Waals surface area contributed by atoms with Crippen molar-refractivity contribution in [3.63, 3.8) is 0 Å². The minimum Gasteiger partial charge on any atom is -0.341 e. The molecule has 0 spiro atoms. The van der Waals surface area contributed by atoms with E-state index in [-0.39, 0.29) is 11.1 Å². The van der Waals surface area contributed by atoms with E-state index >= 15 is 0 Å². The summed E-state index contributed by atoms with van der Waals surface area (Å²) in [5.74, 6) is 0.875. The highest BCUT2D eigenvalue weighted by Crippen LogP contribution is 2.26. The van der Waals surface area contributed by atoms with Gasteiger partial charge in [0.1, 0.15) is 0 Å². The van der Waals surface area contributed by atoms with Gasteiger partial charge in [0.2, 0.25) is 5.95 Å². The number of carbonyl (C=O) groups is 2. The van der Waals surface area contributed by atoms with Crippen LogP contribution in [0, 0.1) is 5.92 Å². The summed E-state index contributed by atoms with van der Waals surface area (Å²) in [4.78, 5) is 39.4. The number of pyridine rings is 1. The molecule has 0 radical (unpaired) electrons. The van der Waals surface area contributed by atoms with E-state index in [4.69, 9.17) is 4.98 Å². The fraction of sp³-hybridized carbons (Fsp3) is 0.292. The van der Waals surface area contributed by atoms with E-state index in [1.165, 1.54) is 0 Å². The van der Waals surface area contributed by atoms with Gasteiger partial charge in [0.05, 0.1) is 21.8 Å². The molecule has 2 aromatic heterocycles. The van der Waals surface area contributed by atoms with Gasteiger partial charge in [-0.2, -0.15) is 0 Å². The van der Waals surface area contributed by atoms with Gasteiger partial charge in [0, 0.05) is 31.2 Å². The van der Waals surface area contributed by atoms with Crippen molar-refractivity contribution >= 4 is 45.8 Å². The molecule has 2 aliphatic rings. The molecule has 2 N–H and O–H groups in total. The van der Waals surface area contributed by atoms with Gasteiger partial charge < -0.3 is 10.2 Å². The van der Waals surface area contributed by atoms with Crippen molar-refractivity contribution in [3.05, 3.63) is 65.0 Å². The molecule has 8 nitrogen and oxygen atoms in total. The van der Waals surface area contributed by atoms with E-state index in [2.05, 4.69) is 43.7 Å². The number of rotatable bonds is 6. The number of fused-ring (bicyclic) bond motifs is 1. The summed E-state index contributed by atoms with van der Waals surface area (Å²) in [5.41, 5.74) is 2.71. The van der Waals surface area contributed by atoms with Crippen molar-refractivity contribution in [3.8, 4) is 0 Å². The average Bonchev–Trinajstić information content (AvgIpc) is 3.16. The van der Waals surface area contributed by atoms with Crippen LogP contribution in [-0.2, 0) is 11.3 Å². The number of hydrogen-bond acceptors (Lipinski definition) is 8.